The number of rotatable bonds is 0. The molecule has 1 aromatic rings. The highest BCUT2D eigenvalue weighted by atomic mass is 16.2. The summed E-state index contributed by atoms with van der Waals surface area (Å²) in [5.41, 5.74) is 1.14. The van der Waals surface area contributed by atoms with Crippen molar-refractivity contribution < 1.29 is 9.59 Å². The van der Waals surface area contributed by atoms with Crippen LogP contribution in [0.3, 0.4) is 0 Å². The van der Waals surface area contributed by atoms with Gasteiger partial charge in [-0.05, 0) is 6.07 Å². The fraction of sp³-hybridized carbons (Fsp3) is 0. The highest BCUT2D eigenvalue weighted by molar-refractivity contribution is 6.56. The van der Waals surface area contributed by atoms with Crippen LogP contribution in [0.15, 0.2) is 18.2 Å². The first-order valence-corrected chi connectivity index (χ1v) is 3.44. The zero-order valence-corrected chi connectivity index (χ0v) is 6.13. The predicted octanol–water partition coefficient (Wildman–Crippen LogP) is -0.385. The van der Waals surface area contributed by atoms with Crippen LogP contribution >= 0.6 is 0 Å². The van der Waals surface area contributed by atoms with Crippen molar-refractivity contribution in [2.75, 3.05) is 5.32 Å². The van der Waals surface area contributed by atoms with Crippen molar-refractivity contribution in [2.24, 2.45) is 0 Å². The van der Waals surface area contributed by atoms with Crippen LogP contribution in [-0.2, 0) is 4.79 Å². The van der Waals surface area contributed by atoms with E-state index in [9.17, 15) is 9.59 Å². The highest BCUT2D eigenvalue weighted by Crippen LogP contribution is 2.19. The smallest absolute Gasteiger partial charge is 0.296 e. The van der Waals surface area contributed by atoms with Gasteiger partial charge in [-0.25, -0.2) is 0 Å². The molecule has 1 heterocycles. The number of carbonyl (C=O) groups excluding carboxylic acids is 2. The minimum absolute atomic E-state index is 0.294. The average Bonchev–Trinajstić information content (AvgIpc) is 2.29. The second-order valence-electron chi connectivity index (χ2n) is 2.55. The molecule has 2 rings (SSSR count). The van der Waals surface area contributed by atoms with Crippen LogP contribution < -0.4 is 10.8 Å². The van der Waals surface area contributed by atoms with Gasteiger partial charge in [-0.15, -0.1) is 0 Å². The largest absolute Gasteiger partial charge is 0.318 e. The van der Waals surface area contributed by atoms with E-state index in [0.29, 0.717) is 16.7 Å². The van der Waals surface area contributed by atoms with Gasteiger partial charge in [-0.2, -0.15) is 0 Å². The SMILES string of the molecule is [B]c1cccc2c1C(=O)C(=O)N2. The molecule has 0 atom stereocenters. The molecule has 0 aromatic heterocycles. The summed E-state index contributed by atoms with van der Waals surface area (Å²) in [6.07, 6.45) is 0. The summed E-state index contributed by atoms with van der Waals surface area (Å²) in [6, 6.07) is 4.93. The topological polar surface area (TPSA) is 46.2 Å². The molecule has 1 N–H and O–H groups in total. The van der Waals surface area contributed by atoms with E-state index in [1.54, 1.807) is 18.2 Å². The van der Waals surface area contributed by atoms with Crippen molar-refractivity contribution in [3.8, 4) is 0 Å². The Kier molecular flexibility index (Phi) is 1.30. The van der Waals surface area contributed by atoms with E-state index < -0.39 is 11.7 Å². The molecule has 1 amide bonds. The maximum Gasteiger partial charge on any atom is 0.296 e. The van der Waals surface area contributed by atoms with Gasteiger partial charge in [0, 0.05) is 5.56 Å². The minimum Gasteiger partial charge on any atom is -0.318 e. The Morgan fingerprint density at radius 1 is 1.25 bits per heavy atom. The van der Waals surface area contributed by atoms with Gasteiger partial charge in [-0.3, -0.25) is 9.59 Å². The zero-order chi connectivity index (χ0) is 8.72. The van der Waals surface area contributed by atoms with Crippen LogP contribution in [0.4, 0.5) is 5.69 Å². The molecule has 1 aliphatic rings. The average molecular weight is 157 g/mol. The third-order valence-corrected chi connectivity index (χ3v) is 1.78. The van der Waals surface area contributed by atoms with Crippen LogP contribution in [0.2, 0.25) is 0 Å². The van der Waals surface area contributed by atoms with E-state index >= 15 is 0 Å². The van der Waals surface area contributed by atoms with Gasteiger partial charge >= 0.3 is 0 Å². The van der Waals surface area contributed by atoms with E-state index in [1.165, 1.54) is 0 Å². The molecular formula is C8H4BNO2. The summed E-state index contributed by atoms with van der Waals surface area (Å²) < 4.78 is 0. The Hall–Kier alpha value is -1.58. The Morgan fingerprint density at radius 3 is 2.67 bits per heavy atom. The van der Waals surface area contributed by atoms with Gasteiger partial charge < -0.3 is 5.32 Å². The molecule has 12 heavy (non-hydrogen) atoms. The molecule has 0 saturated heterocycles. The molecule has 3 nitrogen and oxygen atoms in total. The molecule has 0 unspecified atom stereocenters. The highest BCUT2D eigenvalue weighted by Gasteiger charge is 2.28. The van der Waals surface area contributed by atoms with E-state index in [2.05, 4.69) is 5.32 Å². The lowest BCUT2D eigenvalue weighted by Crippen LogP contribution is -2.17. The second kappa shape index (κ2) is 2.20. The van der Waals surface area contributed by atoms with Gasteiger partial charge in [0.05, 0.1) is 5.69 Å². The predicted molar refractivity (Wildman–Crippen MR) is 44.8 cm³/mol. The van der Waals surface area contributed by atoms with E-state index in [1.807, 2.05) is 0 Å². The molecule has 0 saturated carbocycles. The van der Waals surface area contributed by atoms with Crippen molar-refractivity contribution in [2.45, 2.75) is 0 Å². The summed E-state index contributed by atoms with van der Waals surface area (Å²) in [5, 5.41) is 2.42. The van der Waals surface area contributed by atoms with E-state index in [-0.39, 0.29) is 0 Å². The molecule has 0 bridgehead atoms. The number of fused-ring (bicyclic) bond motifs is 1. The normalized spacial score (nSPS) is 14.3. The number of benzene rings is 1. The first-order valence-electron chi connectivity index (χ1n) is 3.44. The summed E-state index contributed by atoms with van der Waals surface area (Å²) in [5.74, 6) is -1.16. The minimum atomic E-state index is -0.608. The maximum absolute atomic E-state index is 11.1. The summed E-state index contributed by atoms with van der Waals surface area (Å²) in [7, 11) is 5.51. The van der Waals surface area contributed by atoms with Crippen LogP contribution in [-0.4, -0.2) is 19.5 Å². The Balaban J connectivity index is 2.70. The van der Waals surface area contributed by atoms with Gasteiger partial charge in [0.25, 0.3) is 11.7 Å². The maximum atomic E-state index is 11.1. The molecule has 56 valence electrons. The Bertz CT molecular complexity index is 387. The number of ketones is 1. The number of anilines is 1. The van der Waals surface area contributed by atoms with Gasteiger partial charge in [0.15, 0.2) is 0 Å². The fourth-order valence-corrected chi connectivity index (χ4v) is 1.22. The molecule has 1 aromatic carbocycles. The van der Waals surface area contributed by atoms with Crippen molar-refractivity contribution >= 4 is 30.7 Å². The quantitative estimate of drug-likeness (QED) is 0.412. The number of Topliss-reactive ketones (excluding diaryl/α,β-unsaturated/α-hetero) is 1. The van der Waals surface area contributed by atoms with Crippen molar-refractivity contribution in [1.82, 2.24) is 0 Å². The van der Waals surface area contributed by atoms with Gasteiger partial charge in [0.1, 0.15) is 7.85 Å². The van der Waals surface area contributed by atoms with Crippen LogP contribution in [0.1, 0.15) is 10.4 Å². The van der Waals surface area contributed by atoms with Crippen molar-refractivity contribution in [3.05, 3.63) is 23.8 Å². The fourth-order valence-electron chi connectivity index (χ4n) is 1.22. The standard InChI is InChI=1S/C8H4BNO2/c9-4-2-1-3-5-6(4)7(11)8(12)10-5/h1-3H,(H,10,11,12). The molecule has 0 fully saturated rings. The van der Waals surface area contributed by atoms with Crippen LogP contribution in [0.25, 0.3) is 0 Å². The summed E-state index contributed by atoms with van der Waals surface area (Å²) in [6.45, 7) is 0. The monoisotopic (exact) mass is 157 g/mol. The molecule has 0 spiro atoms. The number of carbonyl (C=O) groups is 2. The molecule has 0 aliphatic carbocycles. The first-order chi connectivity index (χ1) is 5.70. The third kappa shape index (κ3) is 0.779. The van der Waals surface area contributed by atoms with Crippen molar-refractivity contribution in [1.29, 1.82) is 0 Å². The van der Waals surface area contributed by atoms with E-state index in [4.69, 9.17) is 7.85 Å². The molecule has 1 aliphatic heterocycles. The molecule has 2 radical (unpaired) electrons. The Morgan fingerprint density at radius 2 is 2.00 bits per heavy atom. The van der Waals surface area contributed by atoms with Crippen LogP contribution in [0.5, 0.6) is 0 Å². The Labute approximate surface area is 70.2 Å². The zero-order valence-electron chi connectivity index (χ0n) is 6.13. The lowest BCUT2D eigenvalue weighted by molar-refractivity contribution is -0.112. The van der Waals surface area contributed by atoms with Crippen LogP contribution in [0, 0.1) is 0 Å². The number of nitrogens with one attached hydrogen (secondary N) is 1. The summed E-state index contributed by atoms with van der Waals surface area (Å²) >= 11 is 0. The number of hydrogen-bond donors (Lipinski definition) is 1. The lowest BCUT2D eigenvalue weighted by Gasteiger charge is -1.98. The lowest BCUT2D eigenvalue weighted by atomic mass is 9.89. The first kappa shape index (κ1) is 7.09. The van der Waals surface area contributed by atoms with Gasteiger partial charge in [0.2, 0.25) is 0 Å². The second-order valence-corrected chi connectivity index (χ2v) is 2.55. The molecule has 4 heteroatoms. The summed E-state index contributed by atoms with van der Waals surface area (Å²) in [4.78, 5) is 22.0. The third-order valence-electron chi connectivity index (χ3n) is 1.78. The van der Waals surface area contributed by atoms with E-state index in [0.717, 1.165) is 0 Å². The number of hydrogen-bond acceptors (Lipinski definition) is 2. The number of amides is 1. The van der Waals surface area contributed by atoms with Crippen molar-refractivity contribution in [3.63, 3.8) is 0 Å². The molecular weight excluding hydrogens is 153 g/mol. The van der Waals surface area contributed by atoms with Gasteiger partial charge in [-0.1, -0.05) is 17.6 Å².